The monoisotopic (exact) mass is 359 g/mol. The van der Waals surface area contributed by atoms with E-state index in [9.17, 15) is 10.4 Å². The van der Waals surface area contributed by atoms with Crippen molar-refractivity contribution in [1.82, 2.24) is 9.97 Å². The number of nitrogens with one attached hydrogen (secondary N) is 2. The molecule has 2 saturated carbocycles. The SMILES string of the molecule is COC1CCC(Nc2ncc(C#N)c(NC3CCC[C@](C)(O)C3)n2)CC1. The van der Waals surface area contributed by atoms with E-state index < -0.39 is 5.60 Å². The Kier molecular flexibility index (Phi) is 5.94. The molecular weight excluding hydrogens is 330 g/mol. The third-order valence-corrected chi connectivity index (χ3v) is 5.54. The summed E-state index contributed by atoms with van der Waals surface area (Å²) in [7, 11) is 1.77. The first-order valence-corrected chi connectivity index (χ1v) is 9.54. The number of nitriles is 1. The van der Waals surface area contributed by atoms with Gasteiger partial charge < -0.3 is 20.5 Å². The molecular formula is C19H29N5O2. The summed E-state index contributed by atoms with van der Waals surface area (Å²) in [6.45, 7) is 1.87. The highest BCUT2D eigenvalue weighted by molar-refractivity contribution is 5.54. The molecule has 26 heavy (non-hydrogen) atoms. The van der Waals surface area contributed by atoms with E-state index in [1.807, 2.05) is 6.92 Å². The number of rotatable bonds is 5. The van der Waals surface area contributed by atoms with Crippen molar-refractivity contribution in [3.8, 4) is 6.07 Å². The summed E-state index contributed by atoms with van der Waals surface area (Å²) in [6.07, 6.45) is 9.44. The zero-order valence-electron chi connectivity index (χ0n) is 15.7. The summed E-state index contributed by atoms with van der Waals surface area (Å²) in [5, 5.41) is 26.4. The molecule has 1 unspecified atom stereocenters. The highest BCUT2D eigenvalue weighted by atomic mass is 16.5. The van der Waals surface area contributed by atoms with Crippen molar-refractivity contribution in [2.24, 2.45) is 0 Å². The Bertz CT molecular complexity index is 650. The van der Waals surface area contributed by atoms with Gasteiger partial charge in [0, 0.05) is 19.2 Å². The van der Waals surface area contributed by atoms with E-state index >= 15 is 0 Å². The molecule has 0 bridgehead atoms. The fourth-order valence-electron chi connectivity index (χ4n) is 4.05. The van der Waals surface area contributed by atoms with Gasteiger partial charge in [-0.2, -0.15) is 10.2 Å². The summed E-state index contributed by atoms with van der Waals surface area (Å²) in [4.78, 5) is 8.85. The molecule has 142 valence electrons. The molecule has 0 radical (unpaired) electrons. The molecule has 0 saturated heterocycles. The zero-order valence-corrected chi connectivity index (χ0v) is 15.7. The van der Waals surface area contributed by atoms with Crippen LogP contribution in [0.4, 0.5) is 11.8 Å². The Morgan fingerprint density at radius 1 is 1.23 bits per heavy atom. The van der Waals surface area contributed by atoms with Crippen molar-refractivity contribution in [1.29, 1.82) is 5.26 Å². The number of anilines is 2. The zero-order chi connectivity index (χ0) is 18.6. The van der Waals surface area contributed by atoms with Gasteiger partial charge in [-0.1, -0.05) is 0 Å². The van der Waals surface area contributed by atoms with E-state index in [2.05, 4.69) is 26.7 Å². The lowest BCUT2D eigenvalue weighted by Gasteiger charge is -2.34. The van der Waals surface area contributed by atoms with Crippen LogP contribution in [-0.2, 0) is 4.74 Å². The van der Waals surface area contributed by atoms with Crippen LogP contribution in [0, 0.1) is 11.3 Å². The number of ether oxygens (including phenoxy) is 1. The van der Waals surface area contributed by atoms with Crippen molar-refractivity contribution >= 4 is 11.8 Å². The van der Waals surface area contributed by atoms with Gasteiger partial charge in [0.1, 0.15) is 17.5 Å². The Morgan fingerprint density at radius 3 is 2.65 bits per heavy atom. The van der Waals surface area contributed by atoms with Gasteiger partial charge in [-0.25, -0.2) is 4.98 Å². The van der Waals surface area contributed by atoms with Crippen LogP contribution in [-0.4, -0.2) is 46.0 Å². The van der Waals surface area contributed by atoms with Crippen LogP contribution in [0.5, 0.6) is 0 Å². The summed E-state index contributed by atoms with van der Waals surface area (Å²) in [5.41, 5.74) is -0.222. The highest BCUT2D eigenvalue weighted by Gasteiger charge is 2.30. The maximum Gasteiger partial charge on any atom is 0.224 e. The molecule has 7 nitrogen and oxygen atoms in total. The second-order valence-electron chi connectivity index (χ2n) is 7.86. The normalized spacial score (nSPS) is 31.8. The Labute approximate surface area is 155 Å². The van der Waals surface area contributed by atoms with Gasteiger partial charge in [0.2, 0.25) is 5.95 Å². The number of aromatic nitrogens is 2. The second-order valence-corrected chi connectivity index (χ2v) is 7.86. The molecule has 3 N–H and O–H groups in total. The number of methoxy groups -OCH3 is 1. The van der Waals surface area contributed by atoms with Gasteiger partial charge in [-0.3, -0.25) is 0 Å². The molecule has 0 spiro atoms. The fourth-order valence-corrected chi connectivity index (χ4v) is 4.05. The van der Waals surface area contributed by atoms with E-state index in [-0.39, 0.29) is 6.04 Å². The predicted molar refractivity (Wildman–Crippen MR) is 99.9 cm³/mol. The molecule has 0 aromatic carbocycles. The summed E-state index contributed by atoms with van der Waals surface area (Å²) < 4.78 is 5.41. The lowest BCUT2D eigenvalue weighted by atomic mass is 9.83. The first-order valence-electron chi connectivity index (χ1n) is 9.54. The second kappa shape index (κ2) is 8.19. The quantitative estimate of drug-likeness (QED) is 0.743. The van der Waals surface area contributed by atoms with E-state index in [0.29, 0.717) is 35.9 Å². The molecule has 2 atom stereocenters. The van der Waals surface area contributed by atoms with Crippen molar-refractivity contribution in [2.45, 2.75) is 82.1 Å². The van der Waals surface area contributed by atoms with Gasteiger partial charge in [-0.05, 0) is 58.3 Å². The van der Waals surface area contributed by atoms with Gasteiger partial charge >= 0.3 is 0 Å². The summed E-state index contributed by atoms with van der Waals surface area (Å²) in [5.74, 6) is 1.10. The molecule has 7 heteroatoms. The van der Waals surface area contributed by atoms with E-state index in [0.717, 1.165) is 44.9 Å². The van der Waals surface area contributed by atoms with E-state index in [4.69, 9.17) is 4.74 Å². The lowest BCUT2D eigenvalue weighted by molar-refractivity contribution is 0.0182. The fraction of sp³-hybridized carbons (Fsp3) is 0.737. The molecule has 0 aliphatic heterocycles. The largest absolute Gasteiger partial charge is 0.390 e. The molecule has 1 aromatic rings. The smallest absolute Gasteiger partial charge is 0.224 e. The van der Waals surface area contributed by atoms with Crippen LogP contribution in [0.2, 0.25) is 0 Å². The maximum atomic E-state index is 10.3. The van der Waals surface area contributed by atoms with Crippen molar-refractivity contribution in [3.63, 3.8) is 0 Å². The summed E-state index contributed by atoms with van der Waals surface area (Å²) in [6, 6.07) is 2.60. The van der Waals surface area contributed by atoms with Crippen LogP contribution in [0.1, 0.15) is 63.9 Å². The topological polar surface area (TPSA) is 103 Å². The first-order chi connectivity index (χ1) is 12.5. The molecule has 3 rings (SSSR count). The molecule has 1 heterocycles. The highest BCUT2D eigenvalue weighted by Crippen LogP contribution is 2.30. The van der Waals surface area contributed by atoms with Crippen LogP contribution in [0.15, 0.2) is 6.20 Å². The van der Waals surface area contributed by atoms with Crippen molar-refractivity contribution in [2.75, 3.05) is 17.7 Å². The van der Waals surface area contributed by atoms with E-state index in [1.165, 1.54) is 0 Å². The summed E-state index contributed by atoms with van der Waals surface area (Å²) >= 11 is 0. The third kappa shape index (κ3) is 4.83. The minimum atomic E-state index is -0.656. The van der Waals surface area contributed by atoms with Crippen molar-refractivity contribution < 1.29 is 9.84 Å². The van der Waals surface area contributed by atoms with E-state index in [1.54, 1.807) is 13.3 Å². The number of hydrogen-bond acceptors (Lipinski definition) is 7. The molecule has 0 amide bonds. The van der Waals surface area contributed by atoms with Gasteiger partial charge in [0.25, 0.3) is 0 Å². The Morgan fingerprint density at radius 2 is 2.00 bits per heavy atom. The Balaban J connectivity index is 1.66. The average molecular weight is 359 g/mol. The minimum absolute atomic E-state index is 0.116. The number of hydrogen-bond donors (Lipinski definition) is 3. The van der Waals surface area contributed by atoms with Gasteiger partial charge in [0.05, 0.1) is 17.9 Å². The van der Waals surface area contributed by atoms with Crippen LogP contribution in [0.3, 0.4) is 0 Å². The molecule has 2 aliphatic rings. The standard InChI is InChI=1S/C19H29N5O2/c1-19(25)9-3-4-15(10-19)22-17-13(11-20)12-21-18(24-17)23-14-5-7-16(26-2)8-6-14/h12,14-16,25H,3-10H2,1-2H3,(H2,21,22,23,24)/t14?,15?,16?,19-/m0/s1. The molecule has 2 aliphatic carbocycles. The van der Waals surface area contributed by atoms with Crippen LogP contribution < -0.4 is 10.6 Å². The van der Waals surface area contributed by atoms with Crippen molar-refractivity contribution in [3.05, 3.63) is 11.8 Å². The average Bonchev–Trinajstić information content (AvgIpc) is 2.62. The number of nitrogens with zero attached hydrogens (tertiary/aromatic N) is 3. The van der Waals surface area contributed by atoms with Gasteiger partial charge in [-0.15, -0.1) is 0 Å². The first kappa shape index (κ1) is 18.9. The maximum absolute atomic E-state index is 10.3. The predicted octanol–water partition coefficient (Wildman–Crippen LogP) is 2.82. The van der Waals surface area contributed by atoms with Crippen LogP contribution in [0.25, 0.3) is 0 Å². The lowest BCUT2D eigenvalue weighted by Crippen LogP contribution is -2.38. The Hall–Kier alpha value is -1.91. The third-order valence-electron chi connectivity index (χ3n) is 5.54. The molecule has 2 fully saturated rings. The van der Waals surface area contributed by atoms with Crippen LogP contribution >= 0.6 is 0 Å². The molecule has 1 aromatic heterocycles. The number of aliphatic hydroxyl groups is 1. The van der Waals surface area contributed by atoms with Gasteiger partial charge in [0.15, 0.2) is 0 Å². The minimum Gasteiger partial charge on any atom is -0.390 e.